The van der Waals surface area contributed by atoms with Gasteiger partial charge in [0.05, 0.1) is 7.11 Å². The van der Waals surface area contributed by atoms with E-state index < -0.39 is 5.97 Å². The molecule has 0 aliphatic carbocycles. The van der Waals surface area contributed by atoms with Gasteiger partial charge in [0.2, 0.25) is 0 Å². The molecule has 4 nitrogen and oxygen atoms in total. The maximum atomic E-state index is 10.9. The number of rotatable bonds is 1. The molecule has 64 valence electrons. The van der Waals surface area contributed by atoms with Crippen LogP contribution in [0.15, 0.2) is 18.3 Å². The first-order valence-electron chi connectivity index (χ1n) is 3.13. The van der Waals surface area contributed by atoms with E-state index in [2.05, 4.69) is 4.74 Å². The van der Waals surface area contributed by atoms with Crippen LogP contribution in [0.25, 0.3) is 0 Å². The molecule has 0 atom stereocenters. The second kappa shape index (κ2) is 3.40. The summed E-state index contributed by atoms with van der Waals surface area (Å²) >= 11 is 5.52. The number of hydrogen-bond acceptors (Lipinski definition) is 3. The third-order valence-electron chi connectivity index (χ3n) is 1.31. The van der Waals surface area contributed by atoms with E-state index in [0.29, 0.717) is 4.73 Å². The molecule has 1 aromatic heterocycles. The largest absolute Gasteiger partial charge is 0.618 e. The van der Waals surface area contributed by atoms with Crippen molar-refractivity contribution in [3.8, 4) is 0 Å². The van der Waals surface area contributed by atoms with Gasteiger partial charge in [-0.25, -0.2) is 4.79 Å². The number of ether oxygens (including phenoxy) is 1. The van der Waals surface area contributed by atoms with E-state index in [-0.39, 0.29) is 10.7 Å². The number of halogens is 1. The summed E-state index contributed by atoms with van der Waals surface area (Å²) in [5.41, 5.74) is 0.0664. The van der Waals surface area contributed by atoms with Crippen LogP contribution in [-0.2, 0) is 4.74 Å². The fraction of sp³-hybridized carbons (Fsp3) is 0.143. The molecule has 1 heterocycles. The zero-order valence-electron chi connectivity index (χ0n) is 6.28. The third kappa shape index (κ3) is 1.48. The first kappa shape index (κ1) is 8.80. The van der Waals surface area contributed by atoms with Gasteiger partial charge in [-0.05, 0) is 17.7 Å². The monoisotopic (exact) mass is 187 g/mol. The Kier molecular flexibility index (Phi) is 2.50. The van der Waals surface area contributed by atoms with Gasteiger partial charge in [-0.15, -0.1) is 0 Å². The zero-order valence-corrected chi connectivity index (χ0v) is 7.04. The number of hydrogen-bond donors (Lipinski definition) is 0. The smallest absolute Gasteiger partial charge is 0.345 e. The van der Waals surface area contributed by atoms with Crippen molar-refractivity contribution in [3.63, 3.8) is 0 Å². The Balaban J connectivity index is 3.16. The van der Waals surface area contributed by atoms with Crippen molar-refractivity contribution < 1.29 is 14.3 Å². The molecule has 0 bridgehead atoms. The summed E-state index contributed by atoms with van der Waals surface area (Å²) in [6.45, 7) is 0. The average Bonchev–Trinajstić information content (AvgIpc) is 2.08. The quantitative estimate of drug-likeness (QED) is 0.282. The lowest BCUT2D eigenvalue weighted by Gasteiger charge is -2.01. The van der Waals surface area contributed by atoms with Crippen LogP contribution in [0.1, 0.15) is 10.4 Å². The third-order valence-corrected chi connectivity index (χ3v) is 1.68. The molecule has 0 spiro atoms. The first-order valence-corrected chi connectivity index (χ1v) is 3.50. The number of pyridine rings is 1. The summed E-state index contributed by atoms with van der Waals surface area (Å²) in [5.74, 6) is -0.620. The normalized spacial score (nSPS) is 9.50. The van der Waals surface area contributed by atoms with E-state index in [0.717, 1.165) is 0 Å². The lowest BCUT2D eigenvalue weighted by molar-refractivity contribution is -0.603. The molecule has 0 unspecified atom stereocenters. The highest BCUT2D eigenvalue weighted by Gasteiger charge is 2.16. The molecule has 0 saturated carbocycles. The fourth-order valence-electron chi connectivity index (χ4n) is 0.733. The second-order valence-corrected chi connectivity index (χ2v) is 2.39. The number of methoxy groups -OCH3 is 1. The molecule has 5 heteroatoms. The van der Waals surface area contributed by atoms with Crippen molar-refractivity contribution in [2.24, 2.45) is 0 Å². The predicted molar refractivity (Wildman–Crippen MR) is 41.8 cm³/mol. The van der Waals surface area contributed by atoms with Crippen LogP contribution < -0.4 is 4.73 Å². The van der Waals surface area contributed by atoms with Gasteiger partial charge in [0.1, 0.15) is 5.56 Å². The Morgan fingerprint density at radius 2 is 2.42 bits per heavy atom. The van der Waals surface area contributed by atoms with Crippen LogP contribution in [0.3, 0.4) is 0 Å². The van der Waals surface area contributed by atoms with Crippen molar-refractivity contribution in [3.05, 3.63) is 34.3 Å². The fourth-order valence-corrected chi connectivity index (χ4v) is 0.929. The van der Waals surface area contributed by atoms with Gasteiger partial charge in [0.25, 0.3) is 0 Å². The van der Waals surface area contributed by atoms with Crippen molar-refractivity contribution in [2.75, 3.05) is 7.11 Å². The molecular weight excluding hydrogens is 182 g/mol. The lowest BCUT2D eigenvalue weighted by Crippen LogP contribution is -2.28. The maximum absolute atomic E-state index is 10.9. The Bertz CT molecular complexity index is 314. The van der Waals surface area contributed by atoms with Crippen LogP contribution in [0.4, 0.5) is 0 Å². The molecule has 0 aromatic carbocycles. The van der Waals surface area contributed by atoms with Crippen molar-refractivity contribution >= 4 is 17.6 Å². The lowest BCUT2D eigenvalue weighted by atomic mass is 10.3. The second-order valence-electron chi connectivity index (χ2n) is 2.03. The maximum Gasteiger partial charge on any atom is 0.345 e. The Hall–Kier alpha value is -1.29. The van der Waals surface area contributed by atoms with E-state index in [1.807, 2.05) is 0 Å². The Morgan fingerprint density at radius 1 is 1.75 bits per heavy atom. The highest BCUT2D eigenvalue weighted by molar-refractivity contribution is 6.31. The van der Waals surface area contributed by atoms with E-state index in [4.69, 9.17) is 11.6 Å². The molecular formula is C7H6ClNO3. The summed E-state index contributed by atoms with van der Waals surface area (Å²) in [7, 11) is 1.22. The molecule has 0 radical (unpaired) electrons. The standard InChI is InChI=1S/C7H6ClNO3/c1-12-7(10)5-3-2-4-9(11)6(5)8/h2-4H,1H3. The van der Waals surface area contributed by atoms with E-state index in [1.54, 1.807) is 0 Å². The van der Waals surface area contributed by atoms with Crippen LogP contribution in [0, 0.1) is 5.21 Å². The van der Waals surface area contributed by atoms with Crippen LogP contribution in [0.2, 0.25) is 5.15 Å². The molecule has 1 aromatic rings. The van der Waals surface area contributed by atoms with Crippen LogP contribution in [0.5, 0.6) is 0 Å². The van der Waals surface area contributed by atoms with Gasteiger partial charge in [0.15, 0.2) is 6.20 Å². The highest BCUT2D eigenvalue weighted by atomic mass is 35.5. The Morgan fingerprint density at radius 3 is 3.00 bits per heavy atom. The molecule has 0 aliphatic rings. The molecule has 12 heavy (non-hydrogen) atoms. The SMILES string of the molecule is COC(=O)c1ccc[n+]([O-])c1Cl. The minimum Gasteiger partial charge on any atom is -0.618 e. The summed E-state index contributed by atoms with van der Waals surface area (Å²) in [5, 5.41) is 10.7. The summed E-state index contributed by atoms with van der Waals surface area (Å²) in [4.78, 5) is 10.9. The van der Waals surface area contributed by atoms with Crippen molar-refractivity contribution in [1.29, 1.82) is 0 Å². The van der Waals surface area contributed by atoms with E-state index in [1.165, 1.54) is 25.4 Å². The molecule has 0 fully saturated rings. The minimum absolute atomic E-state index is 0.0664. The number of esters is 1. The minimum atomic E-state index is -0.620. The molecule has 0 aliphatic heterocycles. The summed E-state index contributed by atoms with van der Waals surface area (Å²) in [6.07, 6.45) is 1.20. The summed E-state index contributed by atoms with van der Waals surface area (Å²) in [6, 6.07) is 2.84. The van der Waals surface area contributed by atoms with E-state index >= 15 is 0 Å². The zero-order chi connectivity index (χ0) is 9.14. The average molecular weight is 188 g/mol. The van der Waals surface area contributed by atoms with Crippen LogP contribution >= 0.6 is 11.6 Å². The number of aromatic nitrogens is 1. The van der Waals surface area contributed by atoms with Gasteiger partial charge in [-0.3, -0.25) is 0 Å². The number of carbonyl (C=O) groups excluding carboxylic acids is 1. The van der Waals surface area contributed by atoms with E-state index in [9.17, 15) is 10.0 Å². The number of nitrogens with zero attached hydrogens (tertiary/aromatic N) is 1. The molecule has 0 amide bonds. The predicted octanol–water partition coefficient (Wildman–Crippen LogP) is 0.760. The number of carbonyl (C=O) groups is 1. The Labute approximate surface area is 73.9 Å². The van der Waals surface area contributed by atoms with Gasteiger partial charge < -0.3 is 9.94 Å². The summed E-state index contributed by atoms with van der Waals surface area (Å²) < 4.78 is 4.79. The topological polar surface area (TPSA) is 53.2 Å². The van der Waals surface area contributed by atoms with Crippen molar-refractivity contribution in [2.45, 2.75) is 0 Å². The molecule has 0 N–H and O–H groups in total. The van der Waals surface area contributed by atoms with Gasteiger partial charge >= 0.3 is 11.1 Å². The van der Waals surface area contributed by atoms with Gasteiger partial charge in [-0.1, -0.05) is 0 Å². The van der Waals surface area contributed by atoms with Gasteiger partial charge in [-0.2, -0.15) is 4.73 Å². The molecule has 0 saturated heterocycles. The van der Waals surface area contributed by atoms with Gasteiger partial charge in [0, 0.05) is 6.07 Å². The highest BCUT2D eigenvalue weighted by Crippen LogP contribution is 2.10. The van der Waals surface area contributed by atoms with Crippen molar-refractivity contribution in [1.82, 2.24) is 0 Å². The van der Waals surface area contributed by atoms with Crippen LogP contribution in [-0.4, -0.2) is 13.1 Å². The molecule has 1 rings (SSSR count). The first-order chi connectivity index (χ1) is 5.66.